The molecule has 0 aliphatic carbocycles. The second kappa shape index (κ2) is 6.00. The lowest BCUT2D eigenvalue weighted by Gasteiger charge is -2.15. The predicted octanol–water partition coefficient (Wildman–Crippen LogP) is 5.15. The monoisotopic (exact) mass is 339 g/mol. The zero-order valence-corrected chi connectivity index (χ0v) is 13.6. The van der Waals surface area contributed by atoms with E-state index in [-0.39, 0.29) is 6.04 Å². The SMILES string of the molecule is Cc1cc(Br)ccc1C(N)Cc1ccc2ccccc2c1. The van der Waals surface area contributed by atoms with Crippen molar-refractivity contribution in [3.05, 3.63) is 81.8 Å². The first-order valence-corrected chi connectivity index (χ1v) is 7.92. The van der Waals surface area contributed by atoms with Crippen molar-refractivity contribution >= 4 is 26.7 Å². The van der Waals surface area contributed by atoms with Gasteiger partial charge in [0.1, 0.15) is 0 Å². The first-order chi connectivity index (χ1) is 10.1. The molecule has 3 aromatic carbocycles. The molecule has 3 rings (SSSR count). The molecule has 3 aromatic rings. The van der Waals surface area contributed by atoms with E-state index < -0.39 is 0 Å². The Morgan fingerprint density at radius 2 is 1.71 bits per heavy atom. The summed E-state index contributed by atoms with van der Waals surface area (Å²) in [5.74, 6) is 0. The number of hydrogen-bond acceptors (Lipinski definition) is 1. The molecule has 0 fully saturated rings. The second-order valence-electron chi connectivity index (χ2n) is 5.49. The molecule has 0 bridgehead atoms. The average molecular weight is 340 g/mol. The van der Waals surface area contributed by atoms with Gasteiger partial charge >= 0.3 is 0 Å². The Bertz CT molecular complexity index is 779. The smallest absolute Gasteiger partial charge is 0.0338 e. The van der Waals surface area contributed by atoms with E-state index in [2.05, 4.69) is 83.5 Å². The van der Waals surface area contributed by atoms with E-state index in [1.165, 1.54) is 27.5 Å². The van der Waals surface area contributed by atoms with Gasteiger partial charge in [-0.25, -0.2) is 0 Å². The molecule has 0 heterocycles. The number of fused-ring (bicyclic) bond motifs is 1. The molecule has 0 saturated heterocycles. The van der Waals surface area contributed by atoms with Crippen LogP contribution in [0.5, 0.6) is 0 Å². The van der Waals surface area contributed by atoms with Crippen LogP contribution in [0.3, 0.4) is 0 Å². The Labute approximate surface area is 133 Å². The van der Waals surface area contributed by atoms with Gasteiger partial charge in [0.05, 0.1) is 0 Å². The summed E-state index contributed by atoms with van der Waals surface area (Å²) in [6.07, 6.45) is 0.854. The number of rotatable bonds is 3. The Balaban J connectivity index is 1.87. The van der Waals surface area contributed by atoms with E-state index in [4.69, 9.17) is 5.73 Å². The lowest BCUT2D eigenvalue weighted by molar-refractivity contribution is 0.717. The number of aryl methyl sites for hydroxylation is 1. The largest absolute Gasteiger partial charge is 0.324 e. The van der Waals surface area contributed by atoms with Gasteiger partial charge in [-0.15, -0.1) is 0 Å². The van der Waals surface area contributed by atoms with Gasteiger partial charge in [0.25, 0.3) is 0 Å². The summed E-state index contributed by atoms with van der Waals surface area (Å²) in [6.45, 7) is 2.11. The van der Waals surface area contributed by atoms with E-state index >= 15 is 0 Å². The fraction of sp³-hybridized carbons (Fsp3) is 0.158. The minimum Gasteiger partial charge on any atom is -0.324 e. The van der Waals surface area contributed by atoms with Crippen LogP contribution < -0.4 is 5.73 Å². The van der Waals surface area contributed by atoms with Gasteiger partial charge < -0.3 is 5.73 Å². The molecule has 2 heteroatoms. The minimum atomic E-state index is 0.0271. The molecular formula is C19H18BrN. The van der Waals surface area contributed by atoms with Gasteiger partial charge in [0, 0.05) is 10.5 Å². The predicted molar refractivity (Wildman–Crippen MR) is 93.5 cm³/mol. The third kappa shape index (κ3) is 3.17. The van der Waals surface area contributed by atoms with Crippen LogP contribution in [-0.2, 0) is 6.42 Å². The van der Waals surface area contributed by atoms with Crippen molar-refractivity contribution < 1.29 is 0 Å². The maximum atomic E-state index is 6.41. The van der Waals surface area contributed by atoms with E-state index in [9.17, 15) is 0 Å². The van der Waals surface area contributed by atoms with Crippen molar-refractivity contribution in [2.24, 2.45) is 5.73 Å². The normalized spacial score (nSPS) is 12.5. The highest BCUT2D eigenvalue weighted by Crippen LogP contribution is 2.24. The van der Waals surface area contributed by atoms with E-state index in [1.54, 1.807) is 0 Å². The topological polar surface area (TPSA) is 26.0 Å². The summed E-state index contributed by atoms with van der Waals surface area (Å²) in [4.78, 5) is 0. The number of benzene rings is 3. The highest BCUT2D eigenvalue weighted by Gasteiger charge is 2.10. The lowest BCUT2D eigenvalue weighted by Crippen LogP contribution is -2.14. The number of halogens is 1. The van der Waals surface area contributed by atoms with Crippen molar-refractivity contribution in [2.75, 3.05) is 0 Å². The third-order valence-corrected chi connectivity index (χ3v) is 4.39. The zero-order valence-electron chi connectivity index (χ0n) is 12.0. The molecule has 0 aliphatic heterocycles. The highest BCUT2D eigenvalue weighted by atomic mass is 79.9. The first-order valence-electron chi connectivity index (χ1n) is 7.13. The van der Waals surface area contributed by atoms with E-state index in [0.717, 1.165) is 10.9 Å². The van der Waals surface area contributed by atoms with Gasteiger partial charge in [-0.05, 0) is 52.9 Å². The van der Waals surface area contributed by atoms with Gasteiger partial charge in [0.15, 0.2) is 0 Å². The number of hydrogen-bond donors (Lipinski definition) is 1. The van der Waals surface area contributed by atoms with Crippen molar-refractivity contribution in [3.8, 4) is 0 Å². The van der Waals surface area contributed by atoms with Crippen LogP contribution in [0.4, 0.5) is 0 Å². The average Bonchev–Trinajstić information content (AvgIpc) is 2.47. The highest BCUT2D eigenvalue weighted by molar-refractivity contribution is 9.10. The fourth-order valence-electron chi connectivity index (χ4n) is 2.78. The van der Waals surface area contributed by atoms with Gasteiger partial charge in [-0.3, -0.25) is 0 Å². The van der Waals surface area contributed by atoms with Gasteiger partial charge in [-0.1, -0.05) is 64.5 Å². The summed E-state index contributed by atoms with van der Waals surface area (Å²) >= 11 is 3.50. The molecule has 0 saturated carbocycles. The molecular weight excluding hydrogens is 322 g/mol. The lowest BCUT2D eigenvalue weighted by atomic mass is 9.95. The quantitative estimate of drug-likeness (QED) is 0.701. The summed E-state index contributed by atoms with van der Waals surface area (Å²) in [7, 11) is 0. The fourth-order valence-corrected chi connectivity index (χ4v) is 3.26. The Hall–Kier alpha value is -1.64. The molecule has 1 unspecified atom stereocenters. The standard InChI is InChI=1S/C19H18BrN/c1-13-10-17(20)8-9-18(13)19(21)12-14-6-7-15-4-2-3-5-16(15)11-14/h2-11,19H,12,21H2,1H3. The molecule has 0 amide bonds. The number of nitrogens with two attached hydrogens (primary N) is 1. The van der Waals surface area contributed by atoms with E-state index in [1.807, 2.05) is 0 Å². The maximum Gasteiger partial charge on any atom is 0.0338 e. The molecule has 106 valence electrons. The molecule has 0 aromatic heterocycles. The van der Waals surface area contributed by atoms with Crippen LogP contribution in [0.2, 0.25) is 0 Å². The zero-order chi connectivity index (χ0) is 14.8. The summed E-state index contributed by atoms with van der Waals surface area (Å²) in [5.41, 5.74) is 10.1. The summed E-state index contributed by atoms with van der Waals surface area (Å²) in [6, 6.07) is 21.3. The maximum absolute atomic E-state index is 6.41. The van der Waals surface area contributed by atoms with Gasteiger partial charge in [0.2, 0.25) is 0 Å². The Morgan fingerprint density at radius 1 is 0.952 bits per heavy atom. The Kier molecular flexibility index (Phi) is 4.09. The molecule has 0 aliphatic rings. The summed E-state index contributed by atoms with van der Waals surface area (Å²) < 4.78 is 1.10. The van der Waals surface area contributed by atoms with E-state index in [0.29, 0.717) is 0 Å². The molecule has 0 radical (unpaired) electrons. The molecule has 1 nitrogen and oxygen atoms in total. The van der Waals surface area contributed by atoms with Crippen LogP contribution in [0.1, 0.15) is 22.7 Å². The van der Waals surface area contributed by atoms with Crippen LogP contribution in [0.15, 0.2) is 65.1 Å². The van der Waals surface area contributed by atoms with Crippen molar-refractivity contribution in [1.82, 2.24) is 0 Å². The molecule has 0 spiro atoms. The van der Waals surface area contributed by atoms with Crippen LogP contribution >= 0.6 is 15.9 Å². The first kappa shape index (κ1) is 14.3. The Morgan fingerprint density at radius 3 is 2.48 bits per heavy atom. The second-order valence-corrected chi connectivity index (χ2v) is 6.41. The van der Waals surface area contributed by atoms with Gasteiger partial charge in [-0.2, -0.15) is 0 Å². The van der Waals surface area contributed by atoms with Crippen molar-refractivity contribution in [3.63, 3.8) is 0 Å². The summed E-state index contributed by atoms with van der Waals surface area (Å²) in [5, 5.41) is 2.55. The van der Waals surface area contributed by atoms with Crippen molar-refractivity contribution in [1.29, 1.82) is 0 Å². The van der Waals surface area contributed by atoms with Crippen LogP contribution in [0.25, 0.3) is 10.8 Å². The van der Waals surface area contributed by atoms with Crippen LogP contribution in [0, 0.1) is 6.92 Å². The molecule has 2 N–H and O–H groups in total. The minimum absolute atomic E-state index is 0.0271. The van der Waals surface area contributed by atoms with Crippen molar-refractivity contribution in [2.45, 2.75) is 19.4 Å². The molecule has 1 atom stereocenters. The van der Waals surface area contributed by atoms with Crippen LogP contribution in [-0.4, -0.2) is 0 Å². The molecule has 21 heavy (non-hydrogen) atoms. The third-order valence-electron chi connectivity index (χ3n) is 3.90.